The third-order valence-corrected chi connectivity index (χ3v) is 6.72. The molecule has 0 fully saturated rings. The minimum absolute atomic E-state index is 0.0668. The summed E-state index contributed by atoms with van der Waals surface area (Å²) in [5.41, 5.74) is 1.68. The van der Waals surface area contributed by atoms with E-state index in [1.807, 2.05) is 6.92 Å². The van der Waals surface area contributed by atoms with Crippen LogP contribution in [0, 0.1) is 6.92 Å². The number of sulfonamides is 1. The molecule has 32 heavy (non-hydrogen) atoms. The van der Waals surface area contributed by atoms with Gasteiger partial charge in [-0.2, -0.15) is 0 Å². The summed E-state index contributed by atoms with van der Waals surface area (Å²) < 4.78 is 38.6. The highest BCUT2D eigenvalue weighted by Crippen LogP contribution is 2.33. The second-order valence-corrected chi connectivity index (χ2v) is 9.22. The maximum absolute atomic E-state index is 13.5. The van der Waals surface area contributed by atoms with Crippen molar-refractivity contribution in [3.8, 4) is 11.5 Å². The summed E-state index contributed by atoms with van der Waals surface area (Å²) in [5.74, 6) is 0.263. The van der Waals surface area contributed by atoms with Crippen LogP contribution in [0.3, 0.4) is 0 Å². The number of hydrogen-bond acceptors (Lipinski definition) is 5. The van der Waals surface area contributed by atoms with Gasteiger partial charge >= 0.3 is 0 Å². The van der Waals surface area contributed by atoms with Gasteiger partial charge in [-0.3, -0.25) is 9.10 Å². The maximum Gasteiger partial charge on any atom is 0.264 e. The van der Waals surface area contributed by atoms with Crippen LogP contribution >= 0.6 is 11.6 Å². The monoisotopic (exact) mass is 474 g/mol. The third-order valence-electron chi connectivity index (χ3n) is 4.68. The molecule has 0 heterocycles. The molecule has 1 amide bonds. The lowest BCUT2D eigenvalue weighted by atomic mass is 10.2. The first-order valence-electron chi connectivity index (χ1n) is 9.61. The quantitative estimate of drug-likeness (QED) is 0.519. The molecule has 168 valence electrons. The van der Waals surface area contributed by atoms with Gasteiger partial charge in [0.1, 0.15) is 6.54 Å². The molecule has 3 aromatic carbocycles. The van der Waals surface area contributed by atoms with Gasteiger partial charge in [0.15, 0.2) is 11.5 Å². The van der Waals surface area contributed by atoms with Crippen LogP contribution in [0.4, 0.5) is 11.4 Å². The van der Waals surface area contributed by atoms with E-state index in [1.54, 1.807) is 48.5 Å². The lowest BCUT2D eigenvalue weighted by molar-refractivity contribution is -0.114. The fourth-order valence-corrected chi connectivity index (χ4v) is 4.54. The number of carbonyl (C=O) groups is 1. The second kappa shape index (κ2) is 9.93. The molecule has 0 spiro atoms. The van der Waals surface area contributed by atoms with Crippen molar-refractivity contribution in [1.29, 1.82) is 0 Å². The van der Waals surface area contributed by atoms with Crippen LogP contribution in [0.25, 0.3) is 0 Å². The second-order valence-electron chi connectivity index (χ2n) is 6.92. The van der Waals surface area contributed by atoms with Crippen LogP contribution in [0.5, 0.6) is 11.5 Å². The smallest absolute Gasteiger partial charge is 0.264 e. The molecule has 0 saturated carbocycles. The van der Waals surface area contributed by atoms with E-state index in [0.717, 1.165) is 9.87 Å². The van der Waals surface area contributed by atoms with Crippen molar-refractivity contribution in [3.05, 3.63) is 77.3 Å². The normalized spacial score (nSPS) is 11.0. The molecular weight excluding hydrogens is 452 g/mol. The van der Waals surface area contributed by atoms with Crippen LogP contribution in [0.2, 0.25) is 5.02 Å². The maximum atomic E-state index is 13.5. The number of halogens is 1. The number of anilines is 2. The minimum Gasteiger partial charge on any atom is -0.493 e. The van der Waals surface area contributed by atoms with Crippen molar-refractivity contribution in [3.63, 3.8) is 0 Å². The Balaban J connectivity index is 1.99. The average molecular weight is 475 g/mol. The van der Waals surface area contributed by atoms with Crippen LogP contribution in [0.1, 0.15) is 5.56 Å². The number of rotatable bonds is 8. The van der Waals surface area contributed by atoms with Gasteiger partial charge in [0.25, 0.3) is 10.0 Å². The Morgan fingerprint density at radius 1 is 0.938 bits per heavy atom. The number of methoxy groups -OCH3 is 2. The highest BCUT2D eigenvalue weighted by Gasteiger charge is 2.28. The predicted octanol–water partition coefficient (Wildman–Crippen LogP) is 4.50. The Morgan fingerprint density at radius 2 is 1.56 bits per heavy atom. The summed E-state index contributed by atoms with van der Waals surface area (Å²) in [7, 11) is -1.12. The predicted molar refractivity (Wildman–Crippen MR) is 125 cm³/mol. The Morgan fingerprint density at radius 3 is 2.16 bits per heavy atom. The summed E-state index contributed by atoms with van der Waals surface area (Å²) in [4.78, 5) is 12.9. The largest absolute Gasteiger partial charge is 0.493 e. The summed E-state index contributed by atoms with van der Waals surface area (Å²) >= 11 is 5.88. The number of benzene rings is 3. The molecule has 0 aliphatic carbocycles. The number of nitrogens with one attached hydrogen (secondary N) is 1. The van der Waals surface area contributed by atoms with Gasteiger partial charge in [0.2, 0.25) is 5.91 Å². The molecule has 0 bridgehead atoms. The number of carbonyl (C=O) groups excluding carboxylic acids is 1. The zero-order chi connectivity index (χ0) is 23.3. The summed E-state index contributed by atoms with van der Waals surface area (Å²) in [5, 5.41) is 3.22. The molecule has 0 saturated heterocycles. The van der Waals surface area contributed by atoms with Crippen LogP contribution in [-0.4, -0.2) is 35.1 Å². The van der Waals surface area contributed by atoms with E-state index >= 15 is 0 Å². The first-order valence-corrected chi connectivity index (χ1v) is 11.4. The molecular formula is C23H23ClN2O5S. The molecule has 1 N–H and O–H groups in total. The molecule has 0 aromatic heterocycles. The van der Waals surface area contributed by atoms with Gasteiger partial charge in [-0.15, -0.1) is 0 Å². The summed E-state index contributed by atoms with van der Waals surface area (Å²) in [6.07, 6.45) is 0. The van der Waals surface area contributed by atoms with E-state index in [0.29, 0.717) is 22.2 Å². The Hall–Kier alpha value is -3.23. The van der Waals surface area contributed by atoms with Gasteiger partial charge < -0.3 is 14.8 Å². The molecule has 0 unspecified atom stereocenters. The molecule has 0 atom stereocenters. The van der Waals surface area contributed by atoms with E-state index in [4.69, 9.17) is 21.1 Å². The number of nitrogens with zero attached hydrogens (tertiary/aromatic N) is 1. The number of ether oxygens (including phenoxy) is 2. The minimum atomic E-state index is -4.05. The standard InChI is InChI=1S/C23H23ClN2O5S/c1-16-4-11-20(12-5-16)32(28,29)26(19-10-13-21(30-2)22(14-19)31-3)15-23(27)25-18-8-6-17(24)7-9-18/h4-14H,15H2,1-3H3,(H,25,27). The van der Waals surface area contributed by atoms with E-state index in [1.165, 1.54) is 32.4 Å². The number of aryl methyl sites for hydroxylation is 1. The third kappa shape index (κ3) is 5.33. The van der Waals surface area contributed by atoms with Crippen LogP contribution < -0.4 is 19.1 Å². The van der Waals surface area contributed by atoms with Crippen molar-refractivity contribution < 1.29 is 22.7 Å². The van der Waals surface area contributed by atoms with Crippen molar-refractivity contribution >= 4 is 38.9 Å². The molecule has 0 radical (unpaired) electrons. The fraction of sp³-hybridized carbons (Fsp3) is 0.174. The SMILES string of the molecule is COc1ccc(N(CC(=O)Nc2ccc(Cl)cc2)S(=O)(=O)c2ccc(C)cc2)cc1OC. The molecule has 3 aromatic rings. The Labute approximate surface area is 192 Å². The Kier molecular flexibility index (Phi) is 7.27. The fourth-order valence-electron chi connectivity index (χ4n) is 3.00. The van der Waals surface area contributed by atoms with Crippen LogP contribution in [0.15, 0.2) is 71.6 Å². The topological polar surface area (TPSA) is 84.9 Å². The van der Waals surface area contributed by atoms with Gasteiger partial charge in [0, 0.05) is 16.8 Å². The average Bonchev–Trinajstić information content (AvgIpc) is 2.78. The first-order chi connectivity index (χ1) is 15.2. The van der Waals surface area contributed by atoms with E-state index < -0.39 is 22.5 Å². The zero-order valence-electron chi connectivity index (χ0n) is 17.8. The van der Waals surface area contributed by atoms with E-state index in [2.05, 4.69) is 5.32 Å². The zero-order valence-corrected chi connectivity index (χ0v) is 19.4. The number of amides is 1. The van der Waals surface area contributed by atoms with E-state index in [9.17, 15) is 13.2 Å². The molecule has 9 heteroatoms. The highest BCUT2D eigenvalue weighted by molar-refractivity contribution is 7.92. The molecule has 0 aliphatic rings. The lowest BCUT2D eigenvalue weighted by Gasteiger charge is -2.25. The highest BCUT2D eigenvalue weighted by atomic mass is 35.5. The van der Waals surface area contributed by atoms with Crippen molar-refractivity contribution in [2.24, 2.45) is 0 Å². The van der Waals surface area contributed by atoms with Gasteiger partial charge in [-0.05, 0) is 55.5 Å². The molecule has 3 rings (SSSR count). The summed E-state index contributed by atoms with van der Waals surface area (Å²) in [6, 6.07) is 17.6. The Bertz CT molecular complexity index is 1200. The lowest BCUT2D eigenvalue weighted by Crippen LogP contribution is -2.38. The molecule has 0 aliphatic heterocycles. The van der Waals surface area contributed by atoms with Crippen LogP contribution in [-0.2, 0) is 14.8 Å². The number of hydrogen-bond donors (Lipinski definition) is 1. The summed E-state index contributed by atoms with van der Waals surface area (Å²) in [6.45, 7) is 1.41. The van der Waals surface area contributed by atoms with Crippen molar-refractivity contribution in [2.45, 2.75) is 11.8 Å². The van der Waals surface area contributed by atoms with E-state index in [-0.39, 0.29) is 10.6 Å². The van der Waals surface area contributed by atoms with Crippen molar-refractivity contribution in [2.75, 3.05) is 30.4 Å². The first kappa shape index (κ1) is 23.4. The van der Waals surface area contributed by atoms with Gasteiger partial charge in [0.05, 0.1) is 24.8 Å². The molecule has 7 nitrogen and oxygen atoms in total. The van der Waals surface area contributed by atoms with Gasteiger partial charge in [-0.25, -0.2) is 8.42 Å². The van der Waals surface area contributed by atoms with Gasteiger partial charge in [-0.1, -0.05) is 29.3 Å². The van der Waals surface area contributed by atoms with Crippen molar-refractivity contribution in [1.82, 2.24) is 0 Å².